The summed E-state index contributed by atoms with van der Waals surface area (Å²) in [7, 11) is 0. The average molecular weight is 422 g/mol. The third-order valence-electron chi connectivity index (χ3n) is 3.44. The number of nitrogens with two attached hydrogens (primary N) is 1. The molecule has 3 rings (SSSR count). The zero-order valence-corrected chi connectivity index (χ0v) is 17.0. The molecule has 2 N–H and O–H groups in total. The average Bonchev–Trinajstić information content (AvgIpc) is 3.33. The second kappa shape index (κ2) is 10.4. The number of amides is 1. The van der Waals surface area contributed by atoms with Crippen LogP contribution in [0, 0.1) is 0 Å². The predicted molar refractivity (Wildman–Crippen MR) is 108 cm³/mol. The van der Waals surface area contributed by atoms with E-state index in [1.165, 1.54) is 23.1 Å². The third kappa shape index (κ3) is 6.60. The fourth-order valence-electron chi connectivity index (χ4n) is 2.18. The van der Waals surface area contributed by atoms with Gasteiger partial charge in [0.1, 0.15) is 0 Å². The molecule has 0 spiro atoms. The lowest BCUT2D eigenvalue weighted by atomic mass is 10.2. The lowest BCUT2D eigenvalue weighted by Crippen LogP contribution is -2.12. The maximum absolute atomic E-state index is 10.8. The Morgan fingerprint density at radius 3 is 2.59 bits per heavy atom. The molecule has 0 aliphatic carbocycles. The molecular weight excluding hydrogens is 402 g/mol. The zero-order valence-electron chi connectivity index (χ0n) is 14.5. The number of hydrogen-bond donors (Lipinski definition) is 1. The van der Waals surface area contributed by atoms with Crippen molar-refractivity contribution in [2.45, 2.75) is 34.5 Å². The van der Waals surface area contributed by atoms with Crippen LogP contribution in [0.3, 0.4) is 0 Å². The van der Waals surface area contributed by atoms with Gasteiger partial charge in [-0.05, 0) is 18.1 Å². The minimum absolute atomic E-state index is 0.238. The molecule has 0 saturated carbocycles. The van der Waals surface area contributed by atoms with E-state index in [1.807, 2.05) is 30.3 Å². The molecule has 0 aliphatic rings. The smallest absolute Gasteiger partial charge is 0.227 e. The van der Waals surface area contributed by atoms with Gasteiger partial charge in [-0.2, -0.15) is 4.80 Å². The summed E-state index contributed by atoms with van der Waals surface area (Å²) >= 11 is 4.52. The number of carbonyl (C=O) groups is 1. The van der Waals surface area contributed by atoms with Gasteiger partial charge in [0.05, 0.1) is 12.3 Å². The number of thioether (sulfide) groups is 2. The summed E-state index contributed by atoms with van der Waals surface area (Å²) in [5, 5.41) is 20.8. The van der Waals surface area contributed by atoms with Gasteiger partial charge >= 0.3 is 0 Å². The van der Waals surface area contributed by atoms with E-state index >= 15 is 0 Å². The van der Waals surface area contributed by atoms with Crippen molar-refractivity contribution in [2.24, 2.45) is 5.73 Å². The first-order valence-corrected chi connectivity index (χ1v) is 11.2. The third-order valence-corrected chi connectivity index (χ3v) is 6.74. The van der Waals surface area contributed by atoms with Crippen LogP contribution in [0.1, 0.15) is 19.3 Å². The number of carbonyl (C=O) groups excluding carboxylic acids is 1. The quantitative estimate of drug-likeness (QED) is 0.371. The molecule has 1 amide bonds. The summed E-state index contributed by atoms with van der Waals surface area (Å²) in [6.45, 7) is 0.761. The highest BCUT2D eigenvalue weighted by Crippen LogP contribution is 2.29. The predicted octanol–water partition coefficient (Wildman–Crippen LogP) is 2.73. The Bertz CT molecular complexity index is 853. The van der Waals surface area contributed by atoms with E-state index in [0.29, 0.717) is 5.82 Å². The first-order valence-electron chi connectivity index (χ1n) is 8.41. The van der Waals surface area contributed by atoms with E-state index in [1.54, 1.807) is 16.6 Å². The van der Waals surface area contributed by atoms with E-state index in [2.05, 4.69) is 25.6 Å². The first-order chi connectivity index (χ1) is 13.2. The Morgan fingerprint density at radius 2 is 1.81 bits per heavy atom. The Kier molecular flexibility index (Phi) is 7.60. The summed E-state index contributed by atoms with van der Waals surface area (Å²) in [6, 6.07) is 9.85. The van der Waals surface area contributed by atoms with Crippen molar-refractivity contribution in [3.8, 4) is 11.4 Å². The molecule has 0 bridgehead atoms. The van der Waals surface area contributed by atoms with Gasteiger partial charge in [0.25, 0.3) is 0 Å². The molecule has 3 aromatic rings. The number of aryl methyl sites for hydroxylation is 1. The fourth-order valence-corrected chi connectivity index (χ4v) is 5.01. The summed E-state index contributed by atoms with van der Waals surface area (Å²) in [4.78, 5) is 12.4. The van der Waals surface area contributed by atoms with Crippen LogP contribution in [0.5, 0.6) is 0 Å². The van der Waals surface area contributed by atoms with Crippen LogP contribution in [0.25, 0.3) is 11.4 Å². The van der Waals surface area contributed by atoms with E-state index in [9.17, 15) is 4.79 Å². The normalized spacial score (nSPS) is 11.0. The standard InChI is InChI=1S/C16H19N7OS3/c17-13(24)11-26-16-20-19-15(27-16)25-10-6-2-5-9-23-21-14(18-22-23)12-7-3-1-4-8-12/h1,3-4,7-8H,2,5-6,9-11H2,(H2,17,24). The van der Waals surface area contributed by atoms with Crippen LogP contribution in [-0.4, -0.2) is 47.8 Å². The van der Waals surface area contributed by atoms with Gasteiger partial charge in [-0.15, -0.1) is 20.4 Å². The maximum Gasteiger partial charge on any atom is 0.227 e. The summed E-state index contributed by atoms with van der Waals surface area (Å²) < 4.78 is 1.70. The molecule has 0 aliphatic heterocycles. The van der Waals surface area contributed by atoms with Crippen molar-refractivity contribution < 1.29 is 4.79 Å². The first kappa shape index (κ1) is 19.8. The van der Waals surface area contributed by atoms with E-state index < -0.39 is 0 Å². The van der Waals surface area contributed by atoms with Gasteiger partial charge in [-0.25, -0.2) is 0 Å². The van der Waals surface area contributed by atoms with Crippen LogP contribution < -0.4 is 5.73 Å². The monoisotopic (exact) mass is 421 g/mol. The fraction of sp³-hybridized carbons (Fsp3) is 0.375. The molecule has 0 radical (unpaired) electrons. The van der Waals surface area contributed by atoms with Crippen molar-refractivity contribution in [1.29, 1.82) is 0 Å². The number of tetrazole rings is 1. The topological polar surface area (TPSA) is 112 Å². The Labute approximate surface area is 169 Å². The molecule has 11 heteroatoms. The van der Waals surface area contributed by atoms with Crippen molar-refractivity contribution in [1.82, 2.24) is 30.4 Å². The molecule has 0 fully saturated rings. The van der Waals surface area contributed by atoms with Gasteiger partial charge in [0.2, 0.25) is 11.7 Å². The molecule has 1 aromatic carbocycles. The van der Waals surface area contributed by atoms with Gasteiger partial charge in [-0.3, -0.25) is 4.79 Å². The lowest BCUT2D eigenvalue weighted by Gasteiger charge is -1.99. The van der Waals surface area contributed by atoms with Crippen molar-refractivity contribution >= 4 is 40.8 Å². The van der Waals surface area contributed by atoms with Crippen LogP contribution in [0.15, 0.2) is 39.0 Å². The maximum atomic E-state index is 10.8. The van der Waals surface area contributed by atoms with E-state index in [4.69, 9.17) is 5.73 Å². The number of primary amides is 1. The largest absolute Gasteiger partial charge is 0.369 e. The molecule has 142 valence electrons. The van der Waals surface area contributed by atoms with Gasteiger partial charge < -0.3 is 5.73 Å². The van der Waals surface area contributed by atoms with Gasteiger partial charge in [0, 0.05) is 11.3 Å². The van der Waals surface area contributed by atoms with E-state index in [0.717, 1.165) is 45.8 Å². The van der Waals surface area contributed by atoms with Crippen LogP contribution in [-0.2, 0) is 11.3 Å². The molecule has 0 saturated heterocycles. The molecule has 2 aromatic heterocycles. The second-order valence-corrected chi connectivity index (χ2v) is 9.11. The Morgan fingerprint density at radius 1 is 1.04 bits per heavy atom. The van der Waals surface area contributed by atoms with Gasteiger partial charge in [0.15, 0.2) is 8.68 Å². The number of aromatic nitrogens is 6. The van der Waals surface area contributed by atoms with Crippen molar-refractivity contribution in [2.75, 3.05) is 11.5 Å². The molecule has 27 heavy (non-hydrogen) atoms. The van der Waals surface area contributed by atoms with Crippen molar-refractivity contribution in [3.63, 3.8) is 0 Å². The summed E-state index contributed by atoms with van der Waals surface area (Å²) in [5.74, 6) is 1.53. The second-order valence-electron chi connectivity index (χ2n) is 5.57. The molecule has 8 nitrogen and oxygen atoms in total. The van der Waals surface area contributed by atoms with Crippen molar-refractivity contribution in [3.05, 3.63) is 30.3 Å². The number of nitrogens with zero attached hydrogens (tertiary/aromatic N) is 6. The zero-order chi connectivity index (χ0) is 18.9. The molecule has 0 atom stereocenters. The number of unbranched alkanes of at least 4 members (excludes halogenated alkanes) is 2. The Hall–Kier alpha value is -1.98. The summed E-state index contributed by atoms with van der Waals surface area (Å²) in [5.41, 5.74) is 6.10. The summed E-state index contributed by atoms with van der Waals surface area (Å²) in [6.07, 6.45) is 3.16. The number of hydrogen-bond acceptors (Lipinski definition) is 9. The molecule has 0 unspecified atom stereocenters. The molecular formula is C16H19N7OS3. The van der Waals surface area contributed by atoms with E-state index in [-0.39, 0.29) is 11.7 Å². The van der Waals surface area contributed by atoms with Crippen LogP contribution >= 0.6 is 34.9 Å². The number of benzene rings is 1. The minimum Gasteiger partial charge on any atom is -0.369 e. The van der Waals surface area contributed by atoms with Crippen LogP contribution in [0.4, 0.5) is 0 Å². The Balaban J connectivity index is 1.31. The molecule has 2 heterocycles. The minimum atomic E-state index is -0.345. The highest BCUT2D eigenvalue weighted by Gasteiger charge is 2.07. The lowest BCUT2D eigenvalue weighted by molar-refractivity contribution is -0.115. The van der Waals surface area contributed by atoms with Gasteiger partial charge in [-0.1, -0.05) is 71.6 Å². The highest BCUT2D eigenvalue weighted by molar-refractivity contribution is 8.03. The van der Waals surface area contributed by atoms with Crippen LogP contribution in [0.2, 0.25) is 0 Å². The SMILES string of the molecule is NC(=O)CSc1nnc(SCCCCCn2nnc(-c3ccccc3)n2)s1. The highest BCUT2D eigenvalue weighted by atomic mass is 32.2. The number of rotatable bonds is 11.